The molecule has 87 heavy (non-hydrogen) atoms. The summed E-state index contributed by atoms with van der Waals surface area (Å²) in [5.74, 6) is -0.197. The Balaban J connectivity index is 0.000000525. The standard InChI is InChI=1S/2C11H10F6.3C11H13F3.C11H16/c1-6(2)8-4-3-7(10(12,13)14)5-9(8)11(15,16)17;1-6(2)7-3-4-8(10(12,13)14)9(5-7)11(15,16)17;1-7(2)9-4-8(3)5-10(6-9)11(12,13)14;1-7(2)9-6-8(3)4-5-10(9)11(12,13)14;1-7(2)10-8(3)5-4-6-9(10)11(12,13)14;1-8(2)11-7-5-6-9(3)10(11)4/h2*3-6H,1-2H3;3*4-7H,1-3H3;5-8H,1-4H3. The van der Waals surface area contributed by atoms with Crippen LogP contribution in [0.1, 0.15) is 219 Å². The van der Waals surface area contributed by atoms with Gasteiger partial charge in [0, 0.05) is 0 Å². The zero-order valence-corrected chi connectivity index (χ0v) is 51.3. The summed E-state index contributed by atoms with van der Waals surface area (Å²) in [5, 5.41) is 0. The molecule has 0 bridgehead atoms. The van der Waals surface area contributed by atoms with Crippen LogP contribution in [0.15, 0.2) is 109 Å². The van der Waals surface area contributed by atoms with E-state index in [4.69, 9.17) is 0 Å². The Kier molecular flexibility index (Phi) is 28.4. The minimum absolute atomic E-state index is 0.104. The Hall–Kier alpha value is -6.15. The molecule has 0 heterocycles. The molecular formula is C66H75F21. The van der Waals surface area contributed by atoms with Crippen molar-refractivity contribution in [1.29, 1.82) is 0 Å². The van der Waals surface area contributed by atoms with Crippen LogP contribution in [0.4, 0.5) is 92.2 Å². The van der Waals surface area contributed by atoms with Crippen molar-refractivity contribution in [3.05, 3.63) is 209 Å². The predicted octanol–water partition coefficient (Wildman–Crippen LogP) is 25.5. The first-order valence-corrected chi connectivity index (χ1v) is 27.3. The van der Waals surface area contributed by atoms with Crippen LogP contribution in [0.25, 0.3) is 0 Å². The van der Waals surface area contributed by atoms with Gasteiger partial charge in [-0.1, -0.05) is 155 Å². The van der Waals surface area contributed by atoms with E-state index in [2.05, 4.69) is 45.9 Å². The lowest BCUT2D eigenvalue weighted by molar-refractivity contribution is -0.162. The van der Waals surface area contributed by atoms with Crippen molar-refractivity contribution in [3.63, 3.8) is 0 Å². The van der Waals surface area contributed by atoms with Gasteiger partial charge < -0.3 is 0 Å². The second kappa shape index (κ2) is 31.3. The van der Waals surface area contributed by atoms with Crippen LogP contribution in [-0.2, 0) is 43.2 Å². The first kappa shape index (κ1) is 78.9. The normalized spacial score (nSPS) is 12.4. The highest BCUT2D eigenvalue weighted by Crippen LogP contribution is 2.43. The fourth-order valence-corrected chi connectivity index (χ4v) is 8.71. The third-order valence-electron chi connectivity index (χ3n) is 13.3. The molecule has 0 amide bonds. The molecule has 0 aliphatic rings. The van der Waals surface area contributed by atoms with E-state index in [1.807, 2.05) is 13.8 Å². The maximum absolute atomic E-state index is 12.6. The van der Waals surface area contributed by atoms with Gasteiger partial charge in [0.05, 0.1) is 38.9 Å². The fourth-order valence-electron chi connectivity index (χ4n) is 8.71. The van der Waals surface area contributed by atoms with Crippen LogP contribution < -0.4 is 0 Å². The molecule has 0 saturated heterocycles. The Morgan fingerprint density at radius 2 is 0.690 bits per heavy atom. The predicted molar refractivity (Wildman–Crippen MR) is 302 cm³/mol. The number of aryl methyl sites for hydroxylation is 4. The highest BCUT2D eigenvalue weighted by Gasteiger charge is 2.44. The summed E-state index contributed by atoms with van der Waals surface area (Å²) in [7, 11) is 0. The van der Waals surface area contributed by atoms with Gasteiger partial charge in [-0.25, -0.2) is 0 Å². The van der Waals surface area contributed by atoms with E-state index >= 15 is 0 Å². The topological polar surface area (TPSA) is 0 Å². The van der Waals surface area contributed by atoms with E-state index in [-0.39, 0.29) is 40.9 Å². The van der Waals surface area contributed by atoms with Gasteiger partial charge >= 0.3 is 43.2 Å². The van der Waals surface area contributed by atoms with E-state index in [0.717, 1.165) is 35.4 Å². The molecule has 0 aliphatic heterocycles. The largest absolute Gasteiger partial charge is 0.417 e. The van der Waals surface area contributed by atoms with Crippen LogP contribution in [0.3, 0.4) is 0 Å². The monoisotopic (exact) mass is 1270 g/mol. The molecule has 0 N–H and O–H groups in total. The lowest BCUT2D eigenvalue weighted by Crippen LogP contribution is -2.17. The van der Waals surface area contributed by atoms with Gasteiger partial charge in [0.2, 0.25) is 0 Å². The van der Waals surface area contributed by atoms with Crippen LogP contribution in [0, 0.1) is 34.6 Å². The van der Waals surface area contributed by atoms with Crippen molar-refractivity contribution in [2.24, 2.45) is 0 Å². The Bertz CT molecular complexity index is 3100. The SMILES string of the molecule is CC(C)c1ccc(C(F)(F)F)c(C(F)(F)F)c1.CC(C)c1ccc(C(F)(F)F)cc1C(F)(F)F.Cc1cc(C(C)C)cc(C(F)(F)F)c1.Cc1ccc(C(F)(F)F)c(C(C)C)c1.Cc1cccc(C(C)C)c1C.Cc1cccc(C(F)(F)F)c1C(C)C. The van der Waals surface area contributed by atoms with Crippen molar-refractivity contribution in [3.8, 4) is 0 Å². The van der Waals surface area contributed by atoms with Crippen molar-refractivity contribution in [2.45, 2.75) is 196 Å². The second-order valence-electron chi connectivity index (χ2n) is 22.6. The number of alkyl halides is 21. The minimum Gasteiger partial charge on any atom is -0.166 e. The molecular weight excluding hydrogens is 1190 g/mol. The first-order valence-electron chi connectivity index (χ1n) is 27.3. The lowest BCUT2D eigenvalue weighted by atomic mass is 9.92. The average molecular weight is 1270 g/mol. The minimum atomic E-state index is -5.00. The van der Waals surface area contributed by atoms with Crippen LogP contribution in [0.5, 0.6) is 0 Å². The molecule has 486 valence electrons. The number of halogens is 21. The fraction of sp³-hybridized carbons (Fsp3) is 0.455. The Morgan fingerprint density at radius 1 is 0.253 bits per heavy atom. The Labute approximate surface area is 496 Å². The molecule has 0 radical (unpaired) electrons. The molecule has 21 heteroatoms. The molecule has 6 aromatic rings. The molecule has 0 aliphatic carbocycles. The Morgan fingerprint density at radius 3 is 1.08 bits per heavy atom. The second-order valence-corrected chi connectivity index (χ2v) is 22.6. The van der Waals surface area contributed by atoms with Crippen molar-refractivity contribution < 1.29 is 92.2 Å². The molecule has 0 spiro atoms. The van der Waals surface area contributed by atoms with Crippen molar-refractivity contribution in [1.82, 2.24) is 0 Å². The number of hydrogen-bond donors (Lipinski definition) is 0. The molecule has 0 atom stereocenters. The summed E-state index contributed by atoms with van der Waals surface area (Å²) in [6, 6.07) is 23.1. The van der Waals surface area contributed by atoms with Gasteiger partial charge in [-0.2, -0.15) is 92.2 Å². The van der Waals surface area contributed by atoms with Crippen LogP contribution in [-0.4, -0.2) is 0 Å². The number of benzene rings is 6. The zero-order chi connectivity index (χ0) is 68.1. The number of hydrogen-bond acceptors (Lipinski definition) is 0. The third kappa shape index (κ3) is 25.1. The average Bonchev–Trinajstić information content (AvgIpc) is 2.76. The quantitative estimate of drug-likeness (QED) is 0.146. The first-order chi connectivity index (χ1) is 39.2. The highest BCUT2D eigenvalue weighted by molar-refractivity contribution is 5.41. The molecule has 6 rings (SSSR count). The van der Waals surface area contributed by atoms with E-state index in [1.54, 1.807) is 80.5 Å². The number of rotatable bonds is 6. The van der Waals surface area contributed by atoms with Gasteiger partial charge in [-0.3, -0.25) is 0 Å². The maximum atomic E-state index is 12.6. The molecule has 0 fully saturated rings. The van der Waals surface area contributed by atoms with Crippen LogP contribution >= 0.6 is 0 Å². The molecule has 6 aromatic carbocycles. The highest BCUT2D eigenvalue weighted by atomic mass is 19.4. The van der Waals surface area contributed by atoms with E-state index in [1.165, 1.54) is 54.8 Å². The van der Waals surface area contributed by atoms with Gasteiger partial charge in [-0.05, 0) is 169 Å². The van der Waals surface area contributed by atoms with Gasteiger partial charge in [0.25, 0.3) is 0 Å². The van der Waals surface area contributed by atoms with E-state index in [9.17, 15) is 92.2 Å². The maximum Gasteiger partial charge on any atom is 0.417 e. The smallest absolute Gasteiger partial charge is 0.166 e. The summed E-state index contributed by atoms with van der Waals surface area (Å²) in [6.45, 7) is 31.1. The van der Waals surface area contributed by atoms with Crippen molar-refractivity contribution in [2.75, 3.05) is 0 Å². The summed E-state index contributed by atoms with van der Waals surface area (Å²) in [5.41, 5.74) is 0.795. The van der Waals surface area contributed by atoms with Crippen LogP contribution in [0.2, 0.25) is 0 Å². The summed E-state index contributed by atoms with van der Waals surface area (Å²) in [4.78, 5) is 0. The van der Waals surface area contributed by atoms with Crippen molar-refractivity contribution >= 4 is 0 Å². The molecule has 0 aromatic heterocycles. The summed E-state index contributed by atoms with van der Waals surface area (Å²) >= 11 is 0. The summed E-state index contributed by atoms with van der Waals surface area (Å²) < 4.78 is 262. The van der Waals surface area contributed by atoms with E-state index in [0.29, 0.717) is 46.4 Å². The molecule has 0 saturated carbocycles. The molecule has 0 nitrogen and oxygen atoms in total. The zero-order valence-electron chi connectivity index (χ0n) is 51.3. The van der Waals surface area contributed by atoms with Gasteiger partial charge in [0.15, 0.2) is 0 Å². The van der Waals surface area contributed by atoms with Gasteiger partial charge in [-0.15, -0.1) is 0 Å². The van der Waals surface area contributed by atoms with Gasteiger partial charge in [0.1, 0.15) is 0 Å². The lowest BCUT2D eigenvalue weighted by Gasteiger charge is -2.17. The van der Waals surface area contributed by atoms with E-state index < -0.39 is 88.1 Å². The third-order valence-corrected chi connectivity index (χ3v) is 13.3. The summed E-state index contributed by atoms with van der Waals surface area (Å²) in [6.07, 6.45) is -32.3. The molecule has 0 unspecified atom stereocenters.